The van der Waals surface area contributed by atoms with Crippen LogP contribution in [-0.2, 0) is 0 Å². The van der Waals surface area contributed by atoms with E-state index in [0.717, 1.165) is 6.42 Å². The Hall–Kier alpha value is -0.610. The summed E-state index contributed by atoms with van der Waals surface area (Å²) in [4.78, 5) is 0. The minimum Gasteiger partial charge on any atom is -0.313 e. The maximum atomic E-state index is 3.21. The molecule has 1 aromatic carbocycles. The van der Waals surface area contributed by atoms with Gasteiger partial charge in [0, 0.05) is 12.5 Å². The first-order valence-electron chi connectivity index (χ1n) is 5.45. The Morgan fingerprint density at radius 2 is 1.94 bits per heavy atom. The number of hydrogen-bond acceptors (Lipinski definition) is 1. The van der Waals surface area contributed by atoms with Crippen LogP contribution in [0.1, 0.15) is 12.0 Å². The first-order valence-corrected chi connectivity index (χ1v) is 6.62. The monoisotopic (exact) mass is 328 g/mol. The van der Waals surface area contributed by atoms with E-state index in [1.807, 2.05) is 25.2 Å². The Bertz CT molecular complexity index is 354. The second kappa shape index (κ2) is 7.63. The maximum Gasteiger partial charge on any atom is 0.291 e. The SMILES string of the molecule is CNC1C=CC=C([IH+])C1.Cc1ccccc1. The fraction of sp³-hybridized carbons (Fsp3) is 0.286. The first kappa shape index (κ1) is 13.5. The predicted octanol–water partition coefficient (Wildman–Crippen LogP) is -0.301. The van der Waals surface area contributed by atoms with Gasteiger partial charge in [0.05, 0.1) is 0 Å². The molecule has 0 spiro atoms. The van der Waals surface area contributed by atoms with Crippen LogP contribution in [0.2, 0.25) is 0 Å². The Morgan fingerprint density at radius 3 is 2.31 bits per heavy atom. The third-order valence-electron chi connectivity index (χ3n) is 2.36. The fourth-order valence-electron chi connectivity index (χ4n) is 1.38. The molecule has 1 N–H and O–H groups in total. The van der Waals surface area contributed by atoms with Gasteiger partial charge in [0.15, 0.2) is 3.58 Å². The number of likely N-dealkylation sites (N-methyl/N-ethyl adjacent to an activating group) is 1. The molecule has 0 saturated heterocycles. The molecule has 1 aromatic rings. The Balaban J connectivity index is 0.000000165. The molecule has 1 aliphatic carbocycles. The molecule has 0 fully saturated rings. The molecular weight excluding hydrogens is 309 g/mol. The summed E-state index contributed by atoms with van der Waals surface area (Å²) in [7, 11) is 1.99. The van der Waals surface area contributed by atoms with Gasteiger partial charge in [0.25, 0.3) is 22.6 Å². The highest BCUT2D eigenvalue weighted by Crippen LogP contribution is 2.03. The van der Waals surface area contributed by atoms with Crippen molar-refractivity contribution in [3.05, 3.63) is 57.7 Å². The highest BCUT2D eigenvalue weighted by Gasteiger charge is 2.11. The van der Waals surface area contributed by atoms with Crippen molar-refractivity contribution < 1.29 is 22.6 Å². The van der Waals surface area contributed by atoms with Gasteiger partial charge in [-0.3, -0.25) is 0 Å². The molecule has 0 amide bonds. The molecule has 16 heavy (non-hydrogen) atoms. The van der Waals surface area contributed by atoms with Crippen molar-refractivity contribution in [3.63, 3.8) is 0 Å². The summed E-state index contributed by atoms with van der Waals surface area (Å²) in [6.07, 6.45) is 7.63. The summed E-state index contributed by atoms with van der Waals surface area (Å²) in [5.41, 5.74) is 1.32. The van der Waals surface area contributed by atoms with E-state index < -0.39 is 0 Å². The van der Waals surface area contributed by atoms with Crippen molar-refractivity contribution in [1.29, 1.82) is 0 Å². The van der Waals surface area contributed by atoms with E-state index in [2.05, 4.69) is 65.2 Å². The first-order chi connectivity index (χ1) is 7.72. The number of nitrogens with one attached hydrogen (secondary N) is 1. The van der Waals surface area contributed by atoms with Crippen molar-refractivity contribution in [1.82, 2.24) is 5.32 Å². The van der Waals surface area contributed by atoms with Gasteiger partial charge in [-0.05, 0) is 20.0 Å². The maximum absolute atomic E-state index is 3.21. The van der Waals surface area contributed by atoms with Gasteiger partial charge in [-0.2, -0.15) is 0 Å². The summed E-state index contributed by atoms with van der Waals surface area (Å²) in [6.45, 7) is 2.08. The standard InChI is InChI=1S/C7H11IN.C7H8/c1-9-7-4-2-3-6(8)5-7;1-7-5-3-2-4-6-7/h2-4,7-9H,5H2,1H3;2-6H,1H3/q+1;. The van der Waals surface area contributed by atoms with E-state index in [9.17, 15) is 0 Å². The molecule has 2 heteroatoms. The molecule has 1 aliphatic rings. The van der Waals surface area contributed by atoms with Gasteiger partial charge in [-0.25, -0.2) is 0 Å². The van der Waals surface area contributed by atoms with Gasteiger partial charge in [0.2, 0.25) is 0 Å². The molecule has 0 aromatic heterocycles. The van der Waals surface area contributed by atoms with Gasteiger partial charge < -0.3 is 5.32 Å². The third kappa shape index (κ3) is 5.47. The third-order valence-corrected chi connectivity index (χ3v) is 3.22. The van der Waals surface area contributed by atoms with Crippen molar-refractivity contribution in [3.8, 4) is 0 Å². The lowest BCUT2D eigenvalue weighted by atomic mass is 10.1. The summed E-state index contributed by atoms with van der Waals surface area (Å²) in [6, 6.07) is 10.8. The molecule has 0 heterocycles. The zero-order valence-electron chi connectivity index (χ0n) is 9.81. The number of benzene rings is 1. The molecule has 0 bridgehead atoms. The quantitative estimate of drug-likeness (QED) is 0.698. The molecular formula is C14H19IN+. The number of hydrogen-bond donors (Lipinski definition) is 1. The smallest absolute Gasteiger partial charge is 0.291 e. The van der Waals surface area contributed by atoms with Crippen LogP contribution in [-0.4, -0.2) is 13.1 Å². The van der Waals surface area contributed by atoms with Crippen LogP contribution < -0.4 is 27.9 Å². The minimum absolute atomic E-state index is 0.567. The molecule has 0 aliphatic heterocycles. The summed E-state index contributed by atoms with van der Waals surface area (Å²) in [5, 5.41) is 3.21. The van der Waals surface area contributed by atoms with Crippen LogP contribution >= 0.6 is 0 Å². The van der Waals surface area contributed by atoms with E-state index in [1.165, 1.54) is 9.14 Å². The Morgan fingerprint density at radius 1 is 1.25 bits per heavy atom. The van der Waals surface area contributed by atoms with Crippen molar-refractivity contribution >= 4 is 0 Å². The second-order valence-electron chi connectivity index (χ2n) is 3.77. The normalized spacial score (nSPS) is 18.4. The van der Waals surface area contributed by atoms with Gasteiger partial charge in [-0.1, -0.05) is 48.0 Å². The molecule has 2 rings (SSSR count). The summed E-state index contributed by atoms with van der Waals surface area (Å²) < 4.78 is 1.47. The fourth-order valence-corrected chi connectivity index (χ4v) is 2.12. The number of rotatable bonds is 1. The highest BCUT2D eigenvalue weighted by molar-refractivity contribution is 5.16. The Labute approximate surface area is 112 Å². The van der Waals surface area contributed by atoms with E-state index in [-0.39, 0.29) is 0 Å². The minimum atomic E-state index is 0.567. The average Bonchev–Trinajstić information content (AvgIpc) is 2.31. The van der Waals surface area contributed by atoms with E-state index in [1.54, 1.807) is 0 Å². The zero-order valence-corrected chi connectivity index (χ0v) is 12.1. The number of allylic oxidation sites excluding steroid dienone is 2. The van der Waals surface area contributed by atoms with Crippen LogP contribution in [0, 0.1) is 6.92 Å². The molecule has 86 valence electrons. The molecule has 1 unspecified atom stereocenters. The topological polar surface area (TPSA) is 12.0 Å². The second-order valence-corrected chi connectivity index (χ2v) is 5.27. The van der Waals surface area contributed by atoms with Crippen LogP contribution in [0.5, 0.6) is 0 Å². The summed E-state index contributed by atoms with van der Waals surface area (Å²) in [5.74, 6) is 0. The lowest BCUT2D eigenvalue weighted by Gasteiger charge is -2.09. The van der Waals surface area contributed by atoms with Gasteiger partial charge in [-0.15, -0.1) is 0 Å². The number of halogens is 1. The Kier molecular flexibility index (Phi) is 6.42. The predicted molar refractivity (Wildman–Crippen MR) is 67.3 cm³/mol. The zero-order chi connectivity index (χ0) is 11.8. The van der Waals surface area contributed by atoms with E-state index in [4.69, 9.17) is 0 Å². The lowest BCUT2D eigenvalue weighted by molar-refractivity contribution is -0.307. The van der Waals surface area contributed by atoms with Crippen LogP contribution in [0.15, 0.2) is 52.1 Å². The average molecular weight is 328 g/mol. The number of aryl methyl sites for hydroxylation is 1. The lowest BCUT2D eigenvalue weighted by Crippen LogP contribution is -3.33. The van der Waals surface area contributed by atoms with E-state index >= 15 is 0 Å². The largest absolute Gasteiger partial charge is 0.313 e. The van der Waals surface area contributed by atoms with E-state index in [0.29, 0.717) is 6.04 Å². The van der Waals surface area contributed by atoms with Crippen LogP contribution in [0.4, 0.5) is 0 Å². The van der Waals surface area contributed by atoms with Crippen LogP contribution in [0.3, 0.4) is 0 Å². The van der Waals surface area contributed by atoms with Crippen LogP contribution in [0.25, 0.3) is 0 Å². The van der Waals surface area contributed by atoms with Crippen molar-refractivity contribution in [2.24, 2.45) is 0 Å². The molecule has 0 radical (unpaired) electrons. The highest BCUT2D eigenvalue weighted by atomic mass is 127. The van der Waals surface area contributed by atoms with Crippen molar-refractivity contribution in [2.45, 2.75) is 19.4 Å². The molecule has 0 saturated carbocycles. The van der Waals surface area contributed by atoms with Gasteiger partial charge >= 0.3 is 0 Å². The van der Waals surface area contributed by atoms with Gasteiger partial charge in [0.1, 0.15) is 0 Å². The summed E-state index contributed by atoms with van der Waals surface area (Å²) >= 11 is 2.09. The molecule has 1 atom stereocenters. The van der Waals surface area contributed by atoms with Crippen molar-refractivity contribution in [2.75, 3.05) is 7.05 Å². The molecule has 1 nitrogen and oxygen atoms in total.